The quantitative estimate of drug-likeness (QED) is 0.497. The fraction of sp³-hybridized carbons (Fsp3) is 0.750. The van der Waals surface area contributed by atoms with Crippen LogP contribution in [-0.2, 0) is 14.3 Å². The van der Waals surface area contributed by atoms with Crippen molar-refractivity contribution in [1.82, 2.24) is 0 Å². The first kappa shape index (κ1) is 11.5. The Bertz CT molecular complexity index is 150. The lowest BCUT2D eigenvalue weighted by atomic mass is 10.2. The summed E-state index contributed by atoms with van der Waals surface area (Å²) in [7, 11) is 0. The Hall–Kier alpha value is -0.510. The number of rotatable bonds is 4. The molecule has 4 heteroatoms. The highest BCUT2D eigenvalue weighted by atomic mass is 32.2. The number of ether oxygens (including phenoxy) is 1. The van der Waals surface area contributed by atoms with Crippen LogP contribution < -0.4 is 0 Å². The summed E-state index contributed by atoms with van der Waals surface area (Å²) in [6.07, 6.45) is 0. The monoisotopic (exact) mass is 190 g/mol. The van der Waals surface area contributed by atoms with Gasteiger partial charge in [-0.05, 0) is 19.6 Å². The lowest BCUT2D eigenvalue weighted by molar-refractivity contribution is -0.149. The summed E-state index contributed by atoms with van der Waals surface area (Å²) >= 11 is 1.15. The van der Waals surface area contributed by atoms with Gasteiger partial charge in [0.25, 0.3) is 0 Å². The molecule has 0 bridgehead atoms. The molecule has 0 rings (SSSR count). The Morgan fingerprint density at radius 3 is 2.42 bits per heavy atom. The van der Waals surface area contributed by atoms with Crippen molar-refractivity contribution in [2.75, 3.05) is 12.4 Å². The average Bonchev–Trinajstić information content (AvgIpc) is 2.04. The van der Waals surface area contributed by atoms with Crippen LogP contribution in [0, 0.1) is 5.92 Å². The smallest absolute Gasteiger partial charge is 0.317 e. The maximum absolute atomic E-state index is 11.1. The van der Waals surface area contributed by atoms with Gasteiger partial charge in [0.2, 0.25) is 5.12 Å². The maximum atomic E-state index is 11.1. The molecular weight excluding hydrogens is 176 g/mol. The van der Waals surface area contributed by atoms with E-state index in [1.165, 1.54) is 0 Å². The van der Waals surface area contributed by atoms with E-state index in [1.54, 1.807) is 13.8 Å². The molecule has 0 aliphatic heterocycles. The third kappa shape index (κ3) is 3.76. The van der Waals surface area contributed by atoms with Gasteiger partial charge in [0.05, 0.1) is 6.61 Å². The van der Waals surface area contributed by atoms with Gasteiger partial charge in [-0.1, -0.05) is 18.7 Å². The molecule has 0 aromatic carbocycles. The molecule has 0 aliphatic rings. The normalized spacial score (nSPS) is 12.2. The first-order chi connectivity index (χ1) is 5.63. The number of hydrogen-bond donors (Lipinski definition) is 0. The van der Waals surface area contributed by atoms with Gasteiger partial charge >= 0.3 is 5.97 Å². The third-order valence-corrected chi connectivity index (χ3v) is 2.21. The van der Waals surface area contributed by atoms with Crippen molar-refractivity contribution in [2.24, 2.45) is 5.92 Å². The average molecular weight is 190 g/mol. The Balaban J connectivity index is 3.91. The topological polar surface area (TPSA) is 43.4 Å². The summed E-state index contributed by atoms with van der Waals surface area (Å²) in [5.74, 6) is -0.360. The second kappa shape index (κ2) is 6.06. The zero-order valence-electron chi connectivity index (χ0n) is 7.62. The molecule has 0 spiro atoms. The first-order valence-corrected chi connectivity index (χ1v) is 4.95. The molecule has 0 radical (unpaired) electrons. The van der Waals surface area contributed by atoms with Crippen molar-refractivity contribution in [2.45, 2.75) is 20.8 Å². The van der Waals surface area contributed by atoms with Crippen molar-refractivity contribution in [1.29, 1.82) is 0 Å². The standard InChI is InChI=1S/C8H14O3S/c1-4-11-7(9)6(3)8(10)12-5-2/h6H,4-5H2,1-3H3. The van der Waals surface area contributed by atoms with Gasteiger partial charge in [0, 0.05) is 0 Å². The highest BCUT2D eigenvalue weighted by Crippen LogP contribution is 2.11. The molecule has 1 unspecified atom stereocenters. The predicted octanol–water partition coefficient (Wildman–Crippen LogP) is 1.47. The number of carbonyl (C=O) groups excluding carboxylic acids is 2. The Kier molecular flexibility index (Phi) is 5.80. The molecule has 0 N–H and O–H groups in total. The number of carbonyl (C=O) groups is 2. The molecule has 1 atom stereocenters. The van der Waals surface area contributed by atoms with E-state index < -0.39 is 11.9 Å². The fourth-order valence-corrected chi connectivity index (χ4v) is 1.26. The van der Waals surface area contributed by atoms with E-state index in [9.17, 15) is 9.59 Å². The third-order valence-electron chi connectivity index (χ3n) is 1.28. The Labute approximate surface area is 76.9 Å². The van der Waals surface area contributed by atoms with E-state index in [4.69, 9.17) is 4.74 Å². The zero-order valence-corrected chi connectivity index (χ0v) is 8.44. The van der Waals surface area contributed by atoms with E-state index in [0.717, 1.165) is 11.8 Å². The van der Waals surface area contributed by atoms with Crippen LogP contribution in [0.3, 0.4) is 0 Å². The van der Waals surface area contributed by atoms with Crippen LogP contribution in [-0.4, -0.2) is 23.4 Å². The van der Waals surface area contributed by atoms with Crippen LogP contribution in [0.25, 0.3) is 0 Å². The Morgan fingerprint density at radius 2 is 2.00 bits per heavy atom. The first-order valence-electron chi connectivity index (χ1n) is 3.96. The highest BCUT2D eigenvalue weighted by molar-refractivity contribution is 8.13. The molecule has 0 aliphatic carbocycles. The minimum absolute atomic E-state index is 0.115. The number of thioether (sulfide) groups is 1. The van der Waals surface area contributed by atoms with Gasteiger partial charge in [-0.25, -0.2) is 0 Å². The van der Waals surface area contributed by atoms with Crippen molar-refractivity contribution >= 4 is 22.8 Å². The van der Waals surface area contributed by atoms with E-state index in [-0.39, 0.29) is 5.12 Å². The van der Waals surface area contributed by atoms with E-state index in [1.807, 2.05) is 6.92 Å². The Morgan fingerprint density at radius 1 is 1.42 bits per heavy atom. The second-order valence-electron chi connectivity index (χ2n) is 2.23. The molecule has 3 nitrogen and oxygen atoms in total. The van der Waals surface area contributed by atoms with Crippen LogP contribution in [0.1, 0.15) is 20.8 Å². The van der Waals surface area contributed by atoms with Crippen LogP contribution in [0.5, 0.6) is 0 Å². The van der Waals surface area contributed by atoms with Crippen molar-refractivity contribution in [3.8, 4) is 0 Å². The molecule has 0 aromatic rings. The zero-order chi connectivity index (χ0) is 9.56. The minimum atomic E-state index is -0.630. The molecule has 12 heavy (non-hydrogen) atoms. The molecule has 0 heterocycles. The molecule has 0 saturated heterocycles. The van der Waals surface area contributed by atoms with Gasteiger partial charge in [-0.2, -0.15) is 0 Å². The number of esters is 1. The van der Waals surface area contributed by atoms with Gasteiger partial charge in [0.1, 0.15) is 5.92 Å². The van der Waals surface area contributed by atoms with Gasteiger partial charge in [-0.15, -0.1) is 0 Å². The van der Waals surface area contributed by atoms with E-state index in [0.29, 0.717) is 12.4 Å². The summed E-state index contributed by atoms with van der Waals surface area (Å²) in [4.78, 5) is 22.1. The molecule has 0 amide bonds. The summed E-state index contributed by atoms with van der Waals surface area (Å²) in [6, 6.07) is 0. The number of hydrogen-bond acceptors (Lipinski definition) is 4. The lowest BCUT2D eigenvalue weighted by Gasteiger charge is -2.07. The fourth-order valence-electron chi connectivity index (χ4n) is 0.631. The maximum Gasteiger partial charge on any atom is 0.317 e. The molecule has 0 fully saturated rings. The van der Waals surface area contributed by atoms with Crippen molar-refractivity contribution in [3.05, 3.63) is 0 Å². The van der Waals surface area contributed by atoms with Crippen LogP contribution in [0.15, 0.2) is 0 Å². The van der Waals surface area contributed by atoms with Crippen LogP contribution >= 0.6 is 11.8 Å². The summed E-state index contributed by atoms with van der Waals surface area (Å²) < 4.78 is 4.70. The van der Waals surface area contributed by atoms with E-state index in [2.05, 4.69) is 0 Å². The summed E-state index contributed by atoms with van der Waals surface area (Å²) in [5, 5.41) is -0.115. The van der Waals surface area contributed by atoms with Gasteiger partial charge < -0.3 is 4.74 Å². The lowest BCUT2D eigenvalue weighted by Crippen LogP contribution is -2.21. The van der Waals surface area contributed by atoms with Crippen molar-refractivity contribution < 1.29 is 14.3 Å². The van der Waals surface area contributed by atoms with Crippen LogP contribution in [0.2, 0.25) is 0 Å². The molecule has 0 aromatic heterocycles. The minimum Gasteiger partial charge on any atom is -0.465 e. The van der Waals surface area contributed by atoms with Crippen LogP contribution in [0.4, 0.5) is 0 Å². The predicted molar refractivity (Wildman–Crippen MR) is 48.9 cm³/mol. The largest absolute Gasteiger partial charge is 0.465 e. The summed E-state index contributed by atoms with van der Waals surface area (Å²) in [5.41, 5.74) is 0. The highest BCUT2D eigenvalue weighted by Gasteiger charge is 2.21. The van der Waals surface area contributed by atoms with Gasteiger partial charge in [0.15, 0.2) is 0 Å². The molecule has 70 valence electrons. The SMILES string of the molecule is CCOC(=O)C(C)C(=O)SCC. The second-order valence-corrected chi connectivity index (χ2v) is 3.49. The van der Waals surface area contributed by atoms with E-state index >= 15 is 0 Å². The molecule has 0 saturated carbocycles. The van der Waals surface area contributed by atoms with Gasteiger partial charge in [-0.3, -0.25) is 9.59 Å². The summed E-state index contributed by atoms with van der Waals surface area (Å²) in [6.45, 7) is 5.50. The van der Waals surface area contributed by atoms with Crippen molar-refractivity contribution in [3.63, 3.8) is 0 Å². The molecular formula is C8H14O3S.